The molecule has 1 amide bonds. The first-order valence-corrected chi connectivity index (χ1v) is 9.34. The summed E-state index contributed by atoms with van der Waals surface area (Å²) in [4.78, 5) is 29.5. The van der Waals surface area contributed by atoms with Crippen molar-refractivity contribution in [2.75, 3.05) is 5.75 Å². The first-order chi connectivity index (χ1) is 11.7. The number of carbonyl (C=O) groups is 1. The largest absolute Gasteiger partial charge is 0.345 e. The summed E-state index contributed by atoms with van der Waals surface area (Å²) in [6.45, 7) is 0.624. The Bertz CT molecular complexity index is 846. The Balaban J connectivity index is 1.62. The number of rotatable bonds is 2. The molecule has 2 aliphatic rings. The van der Waals surface area contributed by atoms with Crippen LogP contribution in [-0.4, -0.2) is 21.2 Å². The third kappa shape index (κ3) is 2.75. The zero-order chi connectivity index (χ0) is 16.5. The molecule has 1 aromatic carbocycles. The van der Waals surface area contributed by atoms with E-state index in [1.54, 1.807) is 16.3 Å². The molecule has 0 saturated heterocycles. The molecule has 0 radical (unpaired) electrons. The van der Waals surface area contributed by atoms with Gasteiger partial charge in [0.15, 0.2) is 5.16 Å². The fourth-order valence-corrected chi connectivity index (χ4v) is 4.39. The minimum atomic E-state index is -0.318. The quantitative estimate of drug-likeness (QED) is 0.673. The van der Waals surface area contributed by atoms with Crippen LogP contribution in [0.1, 0.15) is 46.8 Å². The summed E-state index contributed by atoms with van der Waals surface area (Å²) in [5, 5.41) is 3.77. The van der Waals surface area contributed by atoms with E-state index in [4.69, 9.17) is 0 Å². The highest BCUT2D eigenvalue weighted by Gasteiger charge is 2.24. The van der Waals surface area contributed by atoms with Crippen molar-refractivity contribution in [3.8, 4) is 0 Å². The average molecular weight is 341 g/mol. The summed E-state index contributed by atoms with van der Waals surface area (Å²) >= 11 is 1.55. The van der Waals surface area contributed by atoms with Crippen molar-refractivity contribution in [2.24, 2.45) is 0 Å². The van der Waals surface area contributed by atoms with Crippen molar-refractivity contribution >= 4 is 17.7 Å². The molecule has 0 bridgehead atoms. The van der Waals surface area contributed by atoms with Crippen LogP contribution in [0.4, 0.5) is 0 Å². The fourth-order valence-electron chi connectivity index (χ4n) is 3.48. The van der Waals surface area contributed by atoms with Gasteiger partial charge in [-0.2, -0.15) is 0 Å². The van der Waals surface area contributed by atoms with E-state index in [9.17, 15) is 9.59 Å². The van der Waals surface area contributed by atoms with Crippen molar-refractivity contribution in [2.45, 2.75) is 43.4 Å². The van der Waals surface area contributed by atoms with E-state index in [0.29, 0.717) is 11.7 Å². The first-order valence-electron chi connectivity index (χ1n) is 8.35. The Hall–Kier alpha value is -2.08. The van der Waals surface area contributed by atoms with Gasteiger partial charge >= 0.3 is 0 Å². The van der Waals surface area contributed by atoms with E-state index in [2.05, 4.69) is 22.4 Å². The van der Waals surface area contributed by atoms with Crippen molar-refractivity contribution < 1.29 is 4.79 Å². The standard InChI is InChI=1S/C18H19N3O2S/c22-16(14-11-19-18-21(17(14)23)9-10-24-18)20-15-8-4-2-6-12-5-1-3-7-13(12)15/h1,3,5,7,11,15H,2,4,6,8-10H2,(H,20,22). The number of hydrogen-bond donors (Lipinski definition) is 1. The van der Waals surface area contributed by atoms with Crippen molar-refractivity contribution in [3.05, 3.63) is 57.5 Å². The number of nitrogens with zero attached hydrogens (tertiary/aromatic N) is 2. The minimum absolute atomic E-state index is 0.0387. The summed E-state index contributed by atoms with van der Waals surface area (Å²) in [5.74, 6) is 0.518. The second kappa shape index (κ2) is 6.43. The molecule has 1 aliphatic heterocycles. The predicted molar refractivity (Wildman–Crippen MR) is 93.4 cm³/mol. The van der Waals surface area contributed by atoms with Crippen LogP contribution in [-0.2, 0) is 13.0 Å². The van der Waals surface area contributed by atoms with Gasteiger partial charge in [0.1, 0.15) is 5.56 Å². The van der Waals surface area contributed by atoms with Gasteiger partial charge < -0.3 is 5.32 Å². The van der Waals surface area contributed by atoms with Crippen LogP contribution in [0.5, 0.6) is 0 Å². The number of aryl methyl sites for hydroxylation is 1. The lowest BCUT2D eigenvalue weighted by Gasteiger charge is -2.19. The predicted octanol–water partition coefficient (Wildman–Crippen LogP) is 2.55. The molecule has 0 fully saturated rings. The maximum absolute atomic E-state index is 12.7. The molecule has 2 heterocycles. The summed E-state index contributed by atoms with van der Waals surface area (Å²) in [7, 11) is 0. The third-order valence-electron chi connectivity index (χ3n) is 4.73. The molecule has 124 valence electrons. The highest BCUT2D eigenvalue weighted by Crippen LogP contribution is 2.28. The molecule has 4 rings (SSSR count). The van der Waals surface area contributed by atoms with Crippen LogP contribution < -0.4 is 10.9 Å². The fraction of sp³-hybridized carbons (Fsp3) is 0.389. The Labute approximate surface area is 144 Å². The molecule has 5 nitrogen and oxygen atoms in total. The number of benzene rings is 1. The van der Waals surface area contributed by atoms with Gasteiger partial charge in [0.2, 0.25) is 0 Å². The zero-order valence-electron chi connectivity index (χ0n) is 13.3. The first kappa shape index (κ1) is 15.4. The summed E-state index contributed by atoms with van der Waals surface area (Å²) in [5.41, 5.74) is 2.38. The van der Waals surface area contributed by atoms with Crippen LogP contribution in [0.15, 0.2) is 40.4 Å². The van der Waals surface area contributed by atoms with E-state index >= 15 is 0 Å². The van der Waals surface area contributed by atoms with Crippen LogP contribution in [0, 0.1) is 0 Å². The topological polar surface area (TPSA) is 64.0 Å². The van der Waals surface area contributed by atoms with E-state index in [1.807, 2.05) is 12.1 Å². The molecule has 0 saturated carbocycles. The van der Waals surface area contributed by atoms with Gasteiger partial charge in [-0.1, -0.05) is 42.4 Å². The molecule has 6 heteroatoms. The molecular weight excluding hydrogens is 322 g/mol. The second-order valence-electron chi connectivity index (χ2n) is 6.23. The maximum atomic E-state index is 12.7. The monoisotopic (exact) mass is 341 g/mol. The molecule has 24 heavy (non-hydrogen) atoms. The number of hydrogen-bond acceptors (Lipinski definition) is 4. The lowest BCUT2D eigenvalue weighted by atomic mass is 9.99. The molecule has 2 aromatic rings. The summed E-state index contributed by atoms with van der Waals surface area (Å²) < 4.78 is 1.60. The highest BCUT2D eigenvalue weighted by molar-refractivity contribution is 7.99. The smallest absolute Gasteiger partial charge is 0.267 e. The van der Waals surface area contributed by atoms with Gasteiger partial charge in [-0.15, -0.1) is 0 Å². The molecule has 1 aromatic heterocycles. The molecule has 1 aliphatic carbocycles. The SMILES string of the molecule is O=C(NC1CCCCc2ccccc21)c1cnc2n(c1=O)CCS2. The lowest BCUT2D eigenvalue weighted by Crippen LogP contribution is -2.35. The lowest BCUT2D eigenvalue weighted by molar-refractivity contribution is 0.0931. The molecule has 1 N–H and O–H groups in total. The van der Waals surface area contributed by atoms with Crippen molar-refractivity contribution in [1.29, 1.82) is 0 Å². The highest BCUT2D eigenvalue weighted by atomic mass is 32.2. The van der Waals surface area contributed by atoms with Gasteiger partial charge in [-0.05, 0) is 30.4 Å². The number of carbonyl (C=O) groups excluding carboxylic acids is 1. The third-order valence-corrected chi connectivity index (χ3v) is 5.70. The van der Waals surface area contributed by atoms with Gasteiger partial charge in [-0.3, -0.25) is 14.2 Å². The zero-order valence-corrected chi connectivity index (χ0v) is 14.1. The minimum Gasteiger partial charge on any atom is -0.345 e. The van der Waals surface area contributed by atoms with Gasteiger partial charge in [0, 0.05) is 18.5 Å². The number of amides is 1. The number of thioether (sulfide) groups is 1. The van der Waals surface area contributed by atoms with E-state index in [-0.39, 0.29) is 23.1 Å². The van der Waals surface area contributed by atoms with Gasteiger partial charge in [0.05, 0.1) is 6.04 Å². The van der Waals surface area contributed by atoms with Crippen molar-refractivity contribution in [3.63, 3.8) is 0 Å². The number of fused-ring (bicyclic) bond motifs is 2. The molecular formula is C18H19N3O2S. The molecule has 1 atom stereocenters. The van der Waals surface area contributed by atoms with Crippen LogP contribution in [0.3, 0.4) is 0 Å². The van der Waals surface area contributed by atoms with Crippen LogP contribution >= 0.6 is 11.8 Å². The van der Waals surface area contributed by atoms with Crippen LogP contribution in [0.2, 0.25) is 0 Å². The Morgan fingerprint density at radius 2 is 2.17 bits per heavy atom. The number of nitrogens with one attached hydrogen (secondary N) is 1. The molecule has 0 spiro atoms. The number of aromatic nitrogens is 2. The summed E-state index contributed by atoms with van der Waals surface area (Å²) in [6, 6.07) is 8.21. The van der Waals surface area contributed by atoms with Gasteiger partial charge in [0.25, 0.3) is 11.5 Å². The second-order valence-corrected chi connectivity index (χ2v) is 7.29. The van der Waals surface area contributed by atoms with E-state index in [1.165, 1.54) is 17.3 Å². The van der Waals surface area contributed by atoms with E-state index < -0.39 is 0 Å². The van der Waals surface area contributed by atoms with Crippen molar-refractivity contribution in [1.82, 2.24) is 14.9 Å². The maximum Gasteiger partial charge on any atom is 0.267 e. The Morgan fingerprint density at radius 1 is 1.29 bits per heavy atom. The van der Waals surface area contributed by atoms with Crippen LogP contribution in [0.25, 0.3) is 0 Å². The Kier molecular flexibility index (Phi) is 4.14. The summed E-state index contributed by atoms with van der Waals surface area (Å²) in [6.07, 6.45) is 5.56. The van der Waals surface area contributed by atoms with E-state index in [0.717, 1.165) is 31.4 Å². The van der Waals surface area contributed by atoms with Gasteiger partial charge in [-0.25, -0.2) is 4.98 Å². The average Bonchev–Trinajstić information content (AvgIpc) is 2.99. The molecule has 1 unspecified atom stereocenters. The Morgan fingerprint density at radius 3 is 3.08 bits per heavy atom. The normalized spacial score (nSPS) is 19.2.